The summed E-state index contributed by atoms with van der Waals surface area (Å²) in [6.45, 7) is 0. The molecule has 0 aliphatic carbocycles. The quantitative estimate of drug-likeness (QED) is 0.388. The van der Waals surface area contributed by atoms with Crippen LogP contribution in [0.2, 0.25) is 0 Å². The molecule has 0 aliphatic heterocycles. The lowest BCUT2D eigenvalue weighted by atomic mass is 10.1. The van der Waals surface area contributed by atoms with E-state index in [4.69, 9.17) is 0 Å². The van der Waals surface area contributed by atoms with Crippen molar-refractivity contribution in [3.8, 4) is 5.75 Å². The van der Waals surface area contributed by atoms with E-state index in [1.54, 1.807) is 0 Å². The molecule has 0 saturated heterocycles. The van der Waals surface area contributed by atoms with Crippen LogP contribution in [0.25, 0.3) is 0 Å². The van der Waals surface area contributed by atoms with Gasteiger partial charge in [-0.3, -0.25) is 9.59 Å². The van der Waals surface area contributed by atoms with E-state index in [1.807, 2.05) is 22.6 Å². The normalized spacial score (nSPS) is 9.86. The van der Waals surface area contributed by atoms with Gasteiger partial charge in [-0.25, -0.2) is 0 Å². The van der Waals surface area contributed by atoms with Crippen LogP contribution in [-0.4, -0.2) is 20.4 Å². The van der Waals surface area contributed by atoms with Gasteiger partial charge in [-0.1, -0.05) is 22.6 Å². The highest BCUT2D eigenvalue weighted by Gasteiger charge is 2.11. The van der Waals surface area contributed by atoms with Gasteiger partial charge in [0.1, 0.15) is 5.75 Å². The van der Waals surface area contributed by atoms with E-state index in [2.05, 4.69) is 12.6 Å². The molecule has 1 rings (SSSR count). The summed E-state index contributed by atoms with van der Waals surface area (Å²) in [5, 5.41) is 8.73. The van der Waals surface area contributed by atoms with Crippen LogP contribution in [0, 0.1) is 0 Å². The van der Waals surface area contributed by atoms with Crippen LogP contribution in [0.15, 0.2) is 18.2 Å². The van der Waals surface area contributed by atoms with E-state index < -0.39 is 5.12 Å². The van der Waals surface area contributed by atoms with Gasteiger partial charge in [-0.05, 0) is 18.2 Å². The molecular weight excluding hydrogens is 315 g/mol. The fraction of sp³-hybridized carbons (Fsp3) is 0.111. The maximum Gasteiger partial charge on any atom is 0.220 e. The predicted molar refractivity (Wildman–Crippen MR) is 64.6 cm³/mol. The van der Waals surface area contributed by atoms with E-state index in [-0.39, 0.29) is 17.1 Å². The van der Waals surface area contributed by atoms with Crippen molar-refractivity contribution >= 4 is 46.1 Å². The number of benzene rings is 1. The molecule has 0 unspecified atom stereocenters. The van der Waals surface area contributed by atoms with E-state index in [0.29, 0.717) is 9.99 Å². The minimum absolute atomic E-state index is 0.0593. The van der Waals surface area contributed by atoms with Crippen molar-refractivity contribution in [2.45, 2.75) is 0 Å². The van der Waals surface area contributed by atoms with Crippen LogP contribution in [0.3, 0.4) is 0 Å². The molecule has 14 heavy (non-hydrogen) atoms. The number of hydrogen-bond acceptors (Lipinski definition) is 3. The second-order valence-electron chi connectivity index (χ2n) is 2.59. The Kier molecular flexibility index (Phi) is 3.94. The lowest BCUT2D eigenvalue weighted by Gasteiger charge is -2.02. The van der Waals surface area contributed by atoms with Crippen LogP contribution in [0.1, 0.15) is 20.7 Å². The van der Waals surface area contributed by atoms with Gasteiger partial charge in [0.25, 0.3) is 0 Å². The zero-order chi connectivity index (χ0) is 10.7. The molecule has 1 aromatic rings. The Morgan fingerprint density at radius 1 is 1.43 bits per heavy atom. The largest absolute Gasteiger partial charge is 0.507 e. The number of alkyl halides is 1. The number of carbonyl (C=O) groups excluding carboxylic acids is 2. The van der Waals surface area contributed by atoms with Crippen molar-refractivity contribution in [2.24, 2.45) is 0 Å². The molecule has 1 aromatic carbocycles. The molecule has 5 heteroatoms. The Morgan fingerprint density at radius 2 is 2.07 bits per heavy atom. The van der Waals surface area contributed by atoms with E-state index in [0.717, 1.165) is 0 Å². The summed E-state index contributed by atoms with van der Waals surface area (Å²) < 4.78 is 0.336. The molecule has 0 amide bonds. The van der Waals surface area contributed by atoms with Crippen LogP contribution in [0.5, 0.6) is 5.75 Å². The number of halogens is 1. The molecule has 74 valence electrons. The van der Waals surface area contributed by atoms with E-state index >= 15 is 0 Å². The lowest BCUT2D eigenvalue weighted by molar-refractivity contribution is 0.102. The van der Waals surface area contributed by atoms with Crippen molar-refractivity contribution in [1.29, 1.82) is 0 Å². The van der Waals surface area contributed by atoms with Crippen LogP contribution in [-0.2, 0) is 0 Å². The standard InChI is InChI=1S/C9H7IO3S/c10-4-8(12)5-1-2-7(11)6(3-5)9(13)14/h1-3,11H,4H2,(H,13,14). The number of hydrogen-bond donors (Lipinski definition) is 2. The molecule has 1 N–H and O–H groups in total. The summed E-state index contributed by atoms with van der Waals surface area (Å²) in [6.07, 6.45) is 0. The molecule has 0 aromatic heterocycles. The number of ketones is 1. The zero-order valence-electron chi connectivity index (χ0n) is 7.03. The topological polar surface area (TPSA) is 54.4 Å². The molecule has 0 saturated carbocycles. The van der Waals surface area contributed by atoms with Crippen molar-refractivity contribution in [2.75, 3.05) is 4.43 Å². The van der Waals surface area contributed by atoms with Crippen molar-refractivity contribution in [3.63, 3.8) is 0 Å². The first kappa shape index (κ1) is 11.5. The smallest absolute Gasteiger partial charge is 0.220 e. The monoisotopic (exact) mass is 322 g/mol. The molecule has 0 aliphatic rings. The summed E-state index contributed by atoms with van der Waals surface area (Å²) in [4.78, 5) is 22.2. The number of rotatable bonds is 3. The highest BCUT2D eigenvalue weighted by molar-refractivity contribution is 14.1. The molecule has 0 spiro atoms. The van der Waals surface area contributed by atoms with Gasteiger partial charge in [0, 0.05) is 5.56 Å². The lowest BCUT2D eigenvalue weighted by Crippen LogP contribution is -2.01. The number of carbonyl (C=O) groups is 2. The maximum atomic E-state index is 11.3. The minimum Gasteiger partial charge on any atom is -0.507 e. The zero-order valence-corrected chi connectivity index (χ0v) is 10.1. The van der Waals surface area contributed by atoms with Gasteiger partial charge in [0.05, 0.1) is 9.99 Å². The number of phenolic OH excluding ortho intramolecular Hbond substituents is 1. The molecule has 0 heterocycles. The molecule has 0 bridgehead atoms. The van der Waals surface area contributed by atoms with Gasteiger partial charge >= 0.3 is 0 Å². The van der Waals surface area contributed by atoms with Crippen molar-refractivity contribution in [1.82, 2.24) is 0 Å². The van der Waals surface area contributed by atoms with E-state index in [1.165, 1.54) is 18.2 Å². The minimum atomic E-state index is -0.550. The third kappa shape index (κ3) is 2.48. The molecule has 3 nitrogen and oxygen atoms in total. The number of aromatic hydroxyl groups is 1. The van der Waals surface area contributed by atoms with Gasteiger partial charge in [-0.15, -0.1) is 12.6 Å². The Balaban J connectivity index is 3.19. The van der Waals surface area contributed by atoms with Gasteiger partial charge < -0.3 is 5.11 Å². The average molecular weight is 322 g/mol. The third-order valence-corrected chi connectivity index (χ3v) is 2.60. The molecule has 0 radical (unpaired) electrons. The number of Topliss-reactive ketones (excluding diaryl/α,β-unsaturated/α-hetero) is 1. The summed E-state index contributed by atoms with van der Waals surface area (Å²) >= 11 is 5.53. The highest BCUT2D eigenvalue weighted by Crippen LogP contribution is 2.20. The number of phenols is 1. The summed E-state index contributed by atoms with van der Waals surface area (Å²) in [5.74, 6) is -0.239. The molecular formula is C9H7IO3S. The highest BCUT2D eigenvalue weighted by atomic mass is 127. The second kappa shape index (κ2) is 4.79. The van der Waals surface area contributed by atoms with Crippen LogP contribution < -0.4 is 0 Å². The summed E-state index contributed by atoms with van der Waals surface area (Å²) in [5.41, 5.74) is 0.471. The molecule has 0 fully saturated rings. The maximum absolute atomic E-state index is 11.3. The summed E-state index contributed by atoms with van der Waals surface area (Å²) in [7, 11) is 0. The van der Waals surface area contributed by atoms with Gasteiger partial charge in [-0.2, -0.15) is 0 Å². The first-order valence-corrected chi connectivity index (χ1v) is 5.69. The Morgan fingerprint density at radius 3 is 2.57 bits per heavy atom. The fourth-order valence-electron chi connectivity index (χ4n) is 0.958. The fourth-order valence-corrected chi connectivity index (χ4v) is 1.58. The predicted octanol–water partition coefficient (Wildman–Crippen LogP) is 2.08. The second-order valence-corrected chi connectivity index (χ2v) is 3.76. The third-order valence-electron chi connectivity index (χ3n) is 1.67. The molecule has 0 atom stereocenters. The SMILES string of the molecule is O=C(CI)c1ccc(O)c(C(=O)S)c1. The first-order chi connectivity index (χ1) is 6.56. The van der Waals surface area contributed by atoms with Crippen LogP contribution >= 0.6 is 35.2 Å². The first-order valence-electron chi connectivity index (χ1n) is 3.71. The van der Waals surface area contributed by atoms with E-state index in [9.17, 15) is 14.7 Å². The Labute approximate surface area is 100 Å². The summed E-state index contributed by atoms with van der Waals surface area (Å²) in [6, 6.07) is 4.16. The van der Waals surface area contributed by atoms with Crippen molar-refractivity contribution in [3.05, 3.63) is 29.3 Å². The average Bonchev–Trinajstić information content (AvgIpc) is 2.17. The van der Waals surface area contributed by atoms with Gasteiger partial charge in [0.2, 0.25) is 5.12 Å². The van der Waals surface area contributed by atoms with Crippen LogP contribution in [0.4, 0.5) is 0 Å². The Hall–Kier alpha value is -0.560. The number of thiol groups is 1. The Bertz CT molecular complexity index is 390. The van der Waals surface area contributed by atoms with Gasteiger partial charge in [0.15, 0.2) is 5.78 Å². The van der Waals surface area contributed by atoms with Crippen molar-refractivity contribution < 1.29 is 14.7 Å².